The molecular weight excluding hydrogens is 270 g/mol. The summed E-state index contributed by atoms with van der Waals surface area (Å²) in [5.41, 5.74) is 1.81. The topological polar surface area (TPSA) is 84.3 Å². The Bertz CT molecular complexity index is 635. The lowest BCUT2D eigenvalue weighted by Crippen LogP contribution is -2.30. The van der Waals surface area contributed by atoms with Gasteiger partial charge in [-0.1, -0.05) is 18.2 Å². The smallest absolute Gasteiger partial charge is 0.339 e. The van der Waals surface area contributed by atoms with Crippen LogP contribution < -0.4 is 10.1 Å². The Kier molecular flexibility index (Phi) is 3.79. The van der Waals surface area contributed by atoms with E-state index >= 15 is 0 Å². The molecule has 0 bridgehead atoms. The SMILES string of the molecule is O=C(O)c1cncnc1CNCC1Cc2ccccc2O1. The van der Waals surface area contributed by atoms with Crippen molar-refractivity contribution in [3.05, 3.63) is 53.6 Å². The zero-order valence-electron chi connectivity index (χ0n) is 11.3. The molecule has 0 aliphatic carbocycles. The number of rotatable bonds is 5. The van der Waals surface area contributed by atoms with Crippen LogP contribution in [-0.2, 0) is 13.0 Å². The number of hydrogen-bond acceptors (Lipinski definition) is 5. The van der Waals surface area contributed by atoms with E-state index in [9.17, 15) is 4.79 Å². The number of carboxylic acid groups (broad SMARTS) is 1. The predicted molar refractivity (Wildman–Crippen MR) is 75.3 cm³/mol. The van der Waals surface area contributed by atoms with Crippen molar-refractivity contribution in [1.29, 1.82) is 0 Å². The first kappa shape index (κ1) is 13.5. The molecule has 6 nitrogen and oxygen atoms in total. The van der Waals surface area contributed by atoms with Gasteiger partial charge in [-0.3, -0.25) is 0 Å². The molecule has 0 spiro atoms. The van der Waals surface area contributed by atoms with Crippen molar-refractivity contribution in [2.45, 2.75) is 19.1 Å². The highest BCUT2D eigenvalue weighted by atomic mass is 16.5. The molecule has 0 fully saturated rings. The second-order valence-electron chi connectivity index (χ2n) is 4.87. The van der Waals surface area contributed by atoms with E-state index in [-0.39, 0.29) is 11.7 Å². The van der Waals surface area contributed by atoms with E-state index in [0.29, 0.717) is 18.8 Å². The number of ether oxygens (including phenoxy) is 1. The molecule has 1 unspecified atom stereocenters. The minimum absolute atomic E-state index is 0.0671. The van der Waals surface area contributed by atoms with Gasteiger partial charge in [0.05, 0.1) is 5.69 Å². The van der Waals surface area contributed by atoms with E-state index in [4.69, 9.17) is 9.84 Å². The zero-order chi connectivity index (χ0) is 14.7. The Morgan fingerprint density at radius 2 is 2.29 bits per heavy atom. The molecule has 1 aliphatic heterocycles. The van der Waals surface area contributed by atoms with Crippen molar-refractivity contribution in [3.8, 4) is 5.75 Å². The summed E-state index contributed by atoms with van der Waals surface area (Å²) in [5, 5.41) is 12.3. The molecular formula is C15H15N3O3. The van der Waals surface area contributed by atoms with E-state index < -0.39 is 5.97 Å². The van der Waals surface area contributed by atoms with Gasteiger partial charge >= 0.3 is 5.97 Å². The number of hydrogen-bond donors (Lipinski definition) is 2. The molecule has 0 radical (unpaired) electrons. The number of carbonyl (C=O) groups is 1. The van der Waals surface area contributed by atoms with Gasteiger partial charge in [0.15, 0.2) is 0 Å². The minimum Gasteiger partial charge on any atom is -0.488 e. The maximum Gasteiger partial charge on any atom is 0.339 e. The van der Waals surface area contributed by atoms with Crippen LogP contribution in [0.2, 0.25) is 0 Å². The third kappa shape index (κ3) is 3.00. The van der Waals surface area contributed by atoms with Gasteiger partial charge in [0.25, 0.3) is 0 Å². The van der Waals surface area contributed by atoms with Crippen molar-refractivity contribution in [1.82, 2.24) is 15.3 Å². The standard InChI is InChI=1S/C15H15N3O3/c19-15(20)12-7-17-9-18-13(12)8-16-6-11-5-10-3-1-2-4-14(10)21-11/h1-4,7,9,11,16H,5-6,8H2,(H,19,20). The van der Waals surface area contributed by atoms with Gasteiger partial charge < -0.3 is 15.2 Å². The lowest BCUT2D eigenvalue weighted by molar-refractivity contribution is 0.0694. The molecule has 0 saturated carbocycles. The quantitative estimate of drug-likeness (QED) is 0.860. The van der Waals surface area contributed by atoms with Crippen molar-refractivity contribution in [3.63, 3.8) is 0 Å². The number of para-hydroxylation sites is 1. The average Bonchev–Trinajstić information content (AvgIpc) is 2.90. The second kappa shape index (κ2) is 5.88. The Morgan fingerprint density at radius 1 is 1.43 bits per heavy atom. The third-order valence-corrected chi connectivity index (χ3v) is 3.40. The average molecular weight is 285 g/mol. The maximum absolute atomic E-state index is 11.1. The number of fused-ring (bicyclic) bond motifs is 1. The summed E-state index contributed by atoms with van der Waals surface area (Å²) in [6.07, 6.45) is 3.59. The van der Waals surface area contributed by atoms with Gasteiger partial charge in [0, 0.05) is 25.7 Å². The Balaban J connectivity index is 1.55. The van der Waals surface area contributed by atoms with Crippen molar-refractivity contribution < 1.29 is 14.6 Å². The van der Waals surface area contributed by atoms with Crippen molar-refractivity contribution >= 4 is 5.97 Å². The number of benzene rings is 1. The van der Waals surface area contributed by atoms with Crippen LogP contribution in [0, 0.1) is 0 Å². The highest BCUT2D eigenvalue weighted by Crippen LogP contribution is 2.27. The van der Waals surface area contributed by atoms with Crippen LogP contribution >= 0.6 is 0 Å². The van der Waals surface area contributed by atoms with Crippen LogP contribution in [0.4, 0.5) is 0 Å². The van der Waals surface area contributed by atoms with Gasteiger partial charge in [0.1, 0.15) is 23.7 Å². The maximum atomic E-state index is 11.1. The lowest BCUT2D eigenvalue weighted by Gasteiger charge is -2.12. The lowest BCUT2D eigenvalue weighted by atomic mass is 10.1. The van der Waals surface area contributed by atoms with E-state index in [2.05, 4.69) is 21.4 Å². The van der Waals surface area contributed by atoms with E-state index in [1.165, 1.54) is 18.1 Å². The Morgan fingerprint density at radius 3 is 3.10 bits per heavy atom. The van der Waals surface area contributed by atoms with Gasteiger partial charge in [-0.2, -0.15) is 0 Å². The summed E-state index contributed by atoms with van der Waals surface area (Å²) in [4.78, 5) is 18.8. The van der Waals surface area contributed by atoms with E-state index in [1.807, 2.05) is 18.2 Å². The number of aromatic nitrogens is 2. The predicted octanol–water partition coefficient (Wildman–Crippen LogP) is 1.27. The number of aromatic carboxylic acids is 1. The third-order valence-electron chi connectivity index (χ3n) is 3.40. The van der Waals surface area contributed by atoms with Crippen LogP contribution in [0.5, 0.6) is 5.75 Å². The van der Waals surface area contributed by atoms with Crippen molar-refractivity contribution in [2.75, 3.05) is 6.54 Å². The first-order chi connectivity index (χ1) is 10.2. The number of carboxylic acids is 1. The monoisotopic (exact) mass is 285 g/mol. The molecule has 0 amide bonds. The van der Waals surface area contributed by atoms with Gasteiger partial charge in [-0.15, -0.1) is 0 Å². The molecule has 1 aromatic heterocycles. The molecule has 21 heavy (non-hydrogen) atoms. The molecule has 6 heteroatoms. The largest absolute Gasteiger partial charge is 0.488 e. The normalized spacial score (nSPS) is 16.3. The Labute approximate surface area is 121 Å². The van der Waals surface area contributed by atoms with E-state index in [0.717, 1.165) is 12.2 Å². The molecule has 108 valence electrons. The van der Waals surface area contributed by atoms with E-state index in [1.54, 1.807) is 0 Å². The summed E-state index contributed by atoms with van der Waals surface area (Å²) >= 11 is 0. The second-order valence-corrected chi connectivity index (χ2v) is 4.87. The molecule has 3 rings (SSSR count). The zero-order valence-corrected chi connectivity index (χ0v) is 11.3. The van der Waals surface area contributed by atoms with Crippen LogP contribution in [0.1, 0.15) is 21.6 Å². The fourth-order valence-corrected chi connectivity index (χ4v) is 2.39. The van der Waals surface area contributed by atoms with Gasteiger partial charge in [0.2, 0.25) is 0 Å². The molecule has 1 aliphatic rings. The summed E-state index contributed by atoms with van der Waals surface area (Å²) in [7, 11) is 0. The number of nitrogens with zero attached hydrogens (tertiary/aromatic N) is 2. The molecule has 2 heterocycles. The highest BCUT2D eigenvalue weighted by molar-refractivity contribution is 5.88. The van der Waals surface area contributed by atoms with Crippen LogP contribution in [0.25, 0.3) is 0 Å². The first-order valence-electron chi connectivity index (χ1n) is 6.71. The fourth-order valence-electron chi connectivity index (χ4n) is 2.39. The summed E-state index contributed by atoms with van der Waals surface area (Å²) in [5.74, 6) is -0.0884. The van der Waals surface area contributed by atoms with Crippen LogP contribution in [0.3, 0.4) is 0 Å². The molecule has 1 atom stereocenters. The first-order valence-corrected chi connectivity index (χ1v) is 6.71. The summed E-state index contributed by atoms with van der Waals surface area (Å²) in [6, 6.07) is 7.97. The summed E-state index contributed by atoms with van der Waals surface area (Å²) < 4.78 is 5.81. The minimum atomic E-state index is -1.02. The number of nitrogens with one attached hydrogen (secondary N) is 1. The highest BCUT2D eigenvalue weighted by Gasteiger charge is 2.22. The molecule has 0 saturated heterocycles. The molecule has 2 aromatic rings. The van der Waals surface area contributed by atoms with Gasteiger partial charge in [-0.05, 0) is 11.6 Å². The fraction of sp³-hybridized carbons (Fsp3) is 0.267. The molecule has 2 N–H and O–H groups in total. The molecule has 1 aromatic carbocycles. The Hall–Kier alpha value is -2.47. The van der Waals surface area contributed by atoms with Crippen LogP contribution in [-0.4, -0.2) is 33.7 Å². The van der Waals surface area contributed by atoms with Gasteiger partial charge in [-0.25, -0.2) is 14.8 Å². The van der Waals surface area contributed by atoms with Crippen molar-refractivity contribution in [2.24, 2.45) is 0 Å². The summed E-state index contributed by atoms with van der Waals surface area (Å²) in [6.45, 7) is 1.01. The van der Waals surface area contributed by atoms with Crippen LogP contribution in [0.15, 0.2) is 36.8 Å².